The molecule has 0 bridgehead atoms. The van der Waals surface area contributed by atoms with E-state index in [1.165, 1.54) is 19.3 Å². The number of rotatable bonds is 3. The van der Waals surface area contributed by atoms with Crippen LogP contribution in [0.5, 0.6) is 0 Å². The Hall–Kier alpha value is -2.33. The third-order valence-corrected chi connectivity index (χ3v) is 5.87. The molecule has 3 aromatic rings. The number of fused-ring (bicyclic) bond motifs is 1. The molecule has 2 aromatic heterocycles. The van der Waals surface area contributed by atoms with E-state index >= 15 is 0 Å². The predicted molar refractivity (Wildman–Crippen MR) is 107 cm³/mol. The Morgan fingerprint density at radius 1 is 1.00 bits per heavy atom. The highest BCUT2D eigenvalue weighted by atomic mass is 35.5. The zero-order chi connectivity index (χ0) is 18.4. The second kappa shape index (κ2) is 6.68. The highest BCUT2D eigenvalue weighted by Gasteiger charge is 2.31. The van der Waals surface area contributed by atoms with Gasteiger partial charge in [-0.1, -0.05) is 23.7 Å². The first-order valence-corrected chi connectivity index (χ1v) is 10.2. The summed E-state index contributed by atoms with van der Waals surface area (Å²) in [6.07, 6.45) is 7.75. The van der Waals surface area contributed by atoms with Gasteiger partial charge >= 0.3 is 0 Å². The number of hydrogen-bond acceptors (Lipinski definition) is 2. The maximum Gasteiger partial charge on any atom is 0.255 e. The van der Waals surface area contributed by atoms with Gasteiger partial charge < -0.3 is 4.90 Å². The van der Waals surface area contributed by atoms with Crippen LogP contribution < -0.4 is 0 Å². The smallest absolute Gasteiger partial charge is 0.255 e. The number of nitrogens with zero attached hydrogens (tertiary/aromatic N) is 3. The summed E-state index contributed by atoms with van der Waals surface area (Å²) in [4.78, 5) is 19.8. The lowest BCUT2D eigenvalue weighted by molar-refractivity contribution is 0.0724. The monoisotopic (exact) mass is 379 g/mol. The van der Waals surface area contributed by atoms with Gasteiger partial charge in [-0.15, -0.1) is 0 Å². The lowest BCUT2D eigenvalue weighted by atomic mass is 10.1. The number of pyridine rings is 1. The normalized spacial score (nSPS) is 17.4. The molecule has 1 saturated heterocycles. The molecule has 0 radical (unpaired) electrons. The molecule has 1 aliphatic heterocycles. The standard InChI is InChI=1S/C22H22ClN3O/c23-18-9-6-16(7-10-18)21-20(15-4-5-15)24-19-11-8-17(14-26(19)21)22(27)25-12-2-1-3-13-25/h6-11,14-15H,1-5,12-13H2. The van der Waals surface area contributed by atoms with Crippen LogP contribution in [0.25, 0.3) is 16.9 Å². The summed E-state index contributed by atoms with van der Waals surface area (Å²) in [7, 11) is 0. The van der Waals surface area contributed by atoms with E-state index < -0.39 is 0 Å². The second-order valence-corrected chi connectivity index (χ2v) is 8.06. The van der Waals surface area contributed by atoms with Crippen molar-refractivity contribution < 1.29 is 4.79 Å². The largest absolute Gasteiger partial charge is 0.339 e. The van der Waals surface area contributed by atoms with E-state index in [-0.39, 0.29) is 5.91 Å². The Kier molecular flexibility index (Phi) is 4.16. The number of imidazole rings is 1. The highest BCUT2D eigenvalue weighted by molar-refractivity contribution is 6.30. The van der Waals surface area contributed by atoms with Gasteiger partial charge in [0.25, 0.3) is 5.91 Å². The van der Waals surface area contributed by atoms with Crippen molar-refractivity contribution in [3.63, 3.8) is 0 Å². The highest BCUT2D eigenvalue weighted by Crippen LogP contribution is 2.44. The minimum atomic E-state index is 0.125. The topological polar surface area (TPSA) is 37.6 Å². The van der Waals surface area contributed by atoms with Gasteiger partial charge in [-0.05, 0) is 56.4 Å². The summed E-state index contributed by atoms with van der Waals surface area (Å²) < 4.78 is 2.09. The van der Waals surface area contributed by atoms with Crippen molar-refractivity contribution in [3.05, 3.63) is 58.9 Å². The quantitative estimate of drug-likeness (QED) is 0.630. The zero-order valence-electron chi connectivity index (χ0n) is 15.2. The van der Waals surface area contributed by atoms with Crippen molar-refractivity contribution in [1.82, 2.24) is 14.3 Å². The molecular formula is C22H22ClN3O. The van der Waals surface area contributed by atoms with Crippen molar-refractivity contribution in [2.75, 3.05) is 13.1 Å². The average molecular weight is 380 g/mol. The van der Waals surface area contributed by atoms with Gasteiger partial charge in [0, 0.05) is 35.8 Å². The molecule has 5 heteroatoms. The summed E-state index contributed by atoms with van der Waals surface area (Å²) in [5.74, 6) is 0.650. The first-order chi connectivity index (χ1) is 13.2. The first kappa shape index (κ1) is 16.8. The maximum atomic E-state index is 13.0. The third-order valence-electron chi connectivity index (χ3n) is 5.62. The molecule has 4 nitrogen and oxygen atoms in total. The molecule has 1 aromatic carbocycles. The van der Waals surface area contributed by atoms with Crippen molar-refractivity contribution in [3.8, 4) is 11.3 Å². The molecule has 2 fully saturated rings. The molecule has 3 heterocycles. The Morgan fingerprint density at radius 3 is 2.44 bits per heavy atom. The number of halogens is 1. The van der Waals surface area contributed by atoms with Gasteiger partial charge in [0.2, 0.25) is 0 Å². The molecular weight excluding hydrogens is 358 g/mol. The third kappa shape index (κ3) is 3.12. The number of aromatic nitrogens is 2. The van der Waals surface area contributed by atoms with Crippen LogP contribution in [0.1, 0.15) is 54.1 Å². The van der Waals surface area contributed by atoms with Crippen LogP contribution in [-0.2, 0) is 0 Å². The Balaban J connectivity index is 1.61. The molecule has 0 unspecified atom stereocenters. The SMILES string of the molecule is O=C(c1ccc2nc(C3CC3)c(-c3ccc(Cl)cc3)n2c1)N1CCCCC1. The Bertz CT molecular complexity index is 998. The van der Waals surface area contributed by atoms with E-state index in [1.54, 1.807) is 0 Å². The lowest BCUT2D eigenvalue weighted by Crippen LogP contribution is -2.35. The molecule has 0 spiro atoms. The van der Waals surface area contributed by atoms with Gasteiger partial charge in [-0.3, -0.25) is 9.20 Å². The van der Waals surface area contributed by atoms with Crippen molar-refractivity contribution in [2.45, 2.75) is 38.0 Å². The van der Waals surface area contributed by atoms with E-state index in [0.717, 1.165) is 59.1 Å². The molecule has 1 aliphatic carbocycles. The van der Waals surface area contributed by atoms with Crippen LogP contribution in [0.2, 0.25) is 5.02 Å². The zero-order valence-corrected chi connectivity index (χ0v) is 16.0. The fourth-order valence-corrected chi connectivity index (χ4v) is 4.13. The van der Waals surface area contributed by atoms with Crippen LogP contribution in [0, 0.1) is 0 Å². The van der Waals surface area contributed by atoms with Gasteiger partial charge in [0.1, 0.15) is 5.65 Å². The van der Waals surface area contributed by atoms with Gasteiger partial charge in [-0.2, -0.15) is 0 Å². The minimum Gasteiger partial charge on any atom is -0.339 e. The van der Waals surface area contributed by atoms with Gasteiger partial charge in [0.05, 0.1) is 17.0 Å². The summed E-state index contributed by atoms with van der Waals surface area (Å²) >= 11 is 6.09. The van der Waals surface area contributed by atoms with E-state index in [1.807, 2.05) is 47.5 Å². The first-order valence-electron chi connectivity index (χ1n) is 9.78. The van der Waals surface area contributed by atoms with E-state index in [2.05, 4.69) is 4.40 Å². The second-order valence-electron chi connectivity index (χ2n) is 7.63. The fourth-order valence-electron chi connectivity index (χ4n) is 4.01. The number of likely N-dealkylation sites (tertiary alicyclic amines) is 1. The molecule has 1 amide bonds. The van der Waals surface area contributed by atoms with Crippen LogP contribution >= 0.6 is 11.6 Å². The predicted octanol–water partition coefficient (Wildman–Crippen LogP) is 5.16. The van der Waals surface area contributed by atoms with Gasteiger partial charge in [-0.25, -0.2) is 4.98 Å². The average Bonchev–Trinajstić information content (AvgIpc) is 3.49. The molecule has 1 saturated carbocycles. The van der Waals surface area contributed by atoms with E-state index in [9.17, 15) is 4.79 Å². The number of carbonyl (C=O) groups is 1. The van der Waals surface area contributed by atoms with E-state index in [0.29, 0.717) is 5.92 Å². The number of piperidine rings is 1. The van der Waals surface area contributed by atoms with Crippen LogP contribution in [-0.4, -0.2) is 33.3 Å². The van der Waals surface area contributed by atoms with Crippen LogP contribution in [0.3, 0.4) is 0 Å². The van der Waals surface area contributed by atoms with Crippen LogP contribution in [0.15, 0.2) is 42.6 Å². The Labute approximate surface area is 163 Å². The number of amides is 1. The van der Waals surface area contributed by atoms with E-state index in [4.69, 9.17) is 16.6 Å². The van der Waals surface area contributed by atoms with Crippen molar-refractivity contribution in [2.24, 2.45) is 0 Å². The molecule has 5 rings (SSSR count). The molecule has 0 N–H and O–H groups in total. The van der Waals surface area contributed by atoms with Crippen LogP contribution in [0.4, 0.5) is 0 Å². The summed E-state index contributed by atoms with van der Waals surface area (Å²) in [6.45, 7) is 1.72. The summed E-state index contributed by atoms with van der Waals surface area (Å²) in [5, 5.41) is 0.724. The summed E-state index contributed by atoms with van der Waals surface area (Å²) in [5.41, 5.74) is 4.96. The van der Waals surface area contributed by atoms with Crippen molar-refractivity contribution >= 4 is 23.2 Å². The lowest BCUT2D eigenvalue weighted by Gasteiger charge is -2.26. The molecule has 138 valence electrons. The number of benzene rings is 1. The maximum absolute atomic E-state index is 13.0. The number of carbonyl (C=O) groups excluding carboxylic acids is 1. The molecule has 0 atom stereocenters. The van der Waals surface area contributed by atoms with Gasteiger partial charge in [0.15, 0.2) is 0 Å². The minimum absolute atomic E-state index is 0.125. The molecule has 2 aliphatic rings. The summed E-state index contributed by atoms with van der Waals surface area (Å²) in [6, 6.07) is 11.8. The fraction of sp³-hybridized carbons (Fsp3) is 0.364. The number of hydrogen-bond donors (Lipinski definition) is 0. The molecule has 27 heavy (non-hydrogen) atoms. The van der Waals surface area contributed by atoms with Crippen molar-refractivity contribution in [1.29, 1.82) is 0 Å². The Morgan fingerprint density at radius 2 is 1.74 bits per heavy atom.